The van der Waals surface area contributed by atoms with E-state index >= 15 is 0 Å². The van der Waals surface area contributed by atoms with Crippen molar-refractivity contribution in [2.24, 2.45) is 5.41 Å². The summed E-state index contributed by atoms with van der Waals surface area (Å²) in [5.41, 5.74) is 0.444. The van der Waals surface area contributed by atoms with Gasteiger partial charge in [-0.3, -0.25) is 0 Å². The molecule has 1 heteroatoms. The standard InChI is InChI=1S/C6H11N/c1-6(2,3)5-4-7-5/h4-5H,1-3H3/p+1. The van der Waals surface area contributed by atoms with Crippen LogP contribution in [-0.2, 0) is 0 Å². The van der Waals surface area contributed by atoms with Crippen LogP contribution < -0.4 is 4.99 Å². The van der Waals surface area contributed by atoms with E-state index in [0.29, 0.717) is 11.5 Å². The molecule has 1 rings (SSSR count). The maximum Gasteiger partial charge on any atom is 0.231 e. The van der Waals surface area contributed by atoms with E-state index in [4.69, 9.17) is 0 Å². The van der Waals surface area contributed by atoms with Crippen LogP contribution in [-0.4, -0.2) is 12.3 Å². The van der Waals surface area contributed by atoms with Gasteiger partial charge in [0.05, 0.1) is 0 Å². The van der Waals surface area contributed by atoms with Gasteiger partial charge in [-0.15, -0.1) is 0 Å². The first kappa shape index (κ1) is 4.82. The average molecular weight is 98.2 g/mol. The summed E-state index contributed by atoms with van der Waals surface area (Å²) in [4.78, 5) is 3.15. The first-order valence-corrected chi connectivity index (χ1v) is 2.70. The van der Waals surface area contributed by atoms with Gasteiger partial charge in [0, 0.05) is 5.41 Å². The fourth-order valence-electron chi connectivity index (χ4n) is 0.548. The first-order chi connectivity index (χ1) is 3.11. The Labute approximate surface area is 44.5 Å². The second kappa shape index (κ2) is 1.09. The van der Waals surface area contributed by atoms with Crippen LogP contribution in [0.4, 0.5) is 0 Å². The average Bonchev–Trinajstić information content (AvgIpc) is 1.99. The third-order valence-electron chi connectivity index (χ3n) is 1.27. The summed E-state index contributed by atoms with van der Waals surface area (Å²) in [5, 5.41) is 0. The number of hydrogen-bond donors (Lipinski definition) is 1. The van der Waals surface area contributed by atoms with E-state index in [0.717, 1.165) is 0 Å². The molecular formula is C6H12N+. The van der Waals surface area contributed by atoms with Crippen molar-refractivity contribution < 1.29 is 4.99 Å². The molecule has 0 aromatic carbocycles. The molecular weight excluding hydrogens is 86.1 g/mol. The van der Waals surface area contributed by atoms with E-state index in [1.807, 2.05) is 0 Å². The smallest absolute Gasteiger partial charge is 0.231 e. The van der Waals surface area contributed by atoms with Gasteiger partial charge in [-0.2, -0.15) is 0 Å². The number of hydrogen-bond acceptors (Lipinski definition) is 0. The van der Waals surface area contributed by atoms with Crippen LogP contribution in [0.5, 0.6) is 0 Å². The van der Waals surface area contributed by atoms with Crippen molar-refractivity contribution in [1.82, 2.24) is 0 Å². The van der Waals surface area contributed by atoms with Gasteiger partial charge in [0.15, 0.2) is 0 Å². The quantitative estimate of drug-likeness (QED) is 0.422. The van der Waals surface area contributed by atoms with Crippen LogP contribution in [0, 0.1) is 5.41 Å². The largest absolute Gasteiger partial charge is 0.234 e. The zero-order valence-electron chi connectivity index (χ0n) is 5.15. The molecule has 0 amide bonds. The van der Waals surface area contributed by atoms with Crippen molar-refractivity contribution in [1.29, 1.82) is 0 Å². The SMILES string of the molecule is CC(C)(C)C1C=[NH+]1. The summed E-state index contributed by atoms with van der Waals surface area (Å²) in [6.07, 6.45) is 2.12. The van der Waals surface area contributed by atoms with Crippen molar-refractivity contribution in [3.8, 4) is 0 Å². The van der Waals surface area contributed by atoms with Gasteiger partial charge in [-0.1, -0.05) is 20.8 Å². The highest BCUT2D eigenvalue weighted by Gasteiger charge is 2.36. The highest BCUT2D eigenvalue weighted by Crippen LogP contribution is 2.16. The van der Waals surface area contributed by atoms with Crippen LogP contribution in [0.25, 0.3) is 0 Å². The predicted molar refractivity (Wildman–Crippen MR) is 30.3 cm³/mol. The Morgan fingerprint density at radius 2 is 1.86 bits per heavy atom. The minimum Gasteiger partial charge on any atom is -0.234 e. The molecule has 1 aliphatic heterocycles. The molecule has 1 nitrogen and oxygen atoms in total. The number of nitrogens with one attached hydrogen (secondary N) is 1. The van der Waals surface area contributed by atoms with Gasteiger partial charge in [0.25, 0.3) is 0 Å². The van der Waals surface area contributed by atoms with Gasteiger partial charge >= 0.3 is 0 Å². The second-order valence-corrected chi connectivity index (χ2v) is 3.18. The highest BCUT2D eigenvalue weighted by atomic mass is 14.9. The van der Waals surface area contributed by atoms with Gasteiger partial charge in [-0.25, -0.2) is 4.99 Å². The van der Waals surface area contributed by atoms with Crippen molar-refractivity contribution in [2.45, 2.75) is 26.8 Å². The van der Waals surface area contributed by atoms with E-state index in [2.05, 4.69) is 32.0 Å². The lowest BCUT2D eigenvalue weighted by Crippen LogP contribution is -2.56. The Morgan fingerprint density at radius 1 is 1.43 bits per heavy atom. The molecule has 1 atom stereocenters. The molecule has 0 bridgehead atoms. The second-order valence-electron chi connectivity index (χ2n) is 3.18. The Bertz CT molecular complexity index is 91.2. The van der Waals surface area contributed by atoms with Gasteiger partial charge < -0.3 is 0 Å². The fraction of sp³-hybridized carbons (Fsp3) is 0.833. The molecule has 0 saturated heterocycles. The van der Waals surface area contributed by atoms with Gasteiger partial charge in [0.2, 0.25) is 12.3 Å². The van der Waals surface area contributed by atoms with Crippen molar-refractivity contribution >= 4 is 6.21 Å². The topological polar surface area (TPSA) is 14.0 Å². The van der Waals surface area contributed by atoms with E-state index in [1.54, 1.807) is 0 Å². The molecule has 0 aliphatic carbocycles. The molecule has 1 N–H and O–H groups in total. The minimum atomic E-state index is 0.444. The molecule has 1 aliphatic rings. The lowest BCUT2D eigenvalue weighted by atomic mass is 9.92. The van der Waals surface area contributed by atoms with Gasteiger partial charge in [0.1, 0.15) is 0 Å². The van der Waals surface area contributed by atoms with Gasteiger partial charge in [-0.05, 0) is 0 Å². The van der Waals surface area contributed by atoms with Crippen LogP contribution in [0.1, 0.15) is 20.8 Å². The van der Waals surface area contributed by atoms with Crippen LogP contribution >= 0.6 is 0 Å². The van der Waals surface area contributed by atoms with Crippen molar-refractivity contribution in [3.63, 3.8) is 0 Å². The summed E-state index contributed by atoms with van der Waals surface area (Å²) in [7, 11) is 0. The summed E-state index contributed by atoms with van der Waals surface area (Å²) in [5.74, 6) is 0. The summed E-state index contributed by atoms with van der Waals surface area (Å²) >= 11 is 0. The molecule has 7 heavy (non-hydrogen) atoms. The summed E-state index contributed by atoms with van der Waals surface area (Å²) in [6.45, 7) is 6.69. The normalized spacial score (nSPS) is 28.1. The predicted octanol–water partition coefficient (Wildman–Crippen LogP) is -0.434. The Morgan fingerprint density at radius 3 is 1.86 bits per heavy atom. The molecule has 40 valence electrons. The molecule has 1 unspecified atom stereocenters. The zero-order valence-corrected chi connectivity index (χ0v) is 5.15. The van der Waals surface area contributed by atoms with Crippen LogP contribution in [0.15, 0.2) is 0 Å². The van der Waals surface area contributed by atoms with Crippen LogP contribution in [0.2, 0.25) is 0 Å². The monoisotopic (exact) mass is 98.1 g/mol. The minimum absolute atomic E-state index is 0.444. The molecule has 0 fully saturated rings. The lowest BCUT2D eigenvalue weighted by Gasteiger charge is -2.08. The van der Waals surface area contributed by atoms with Crippen LogP contribution in [0.3, 0.4) is 0 Å². The Kier molecular flexibility index (Phi) is 0.748. The Balaban J connectivity index is 2.38. The summed E-state index contributed by atoms with van der Waals surface area (Å²) in [6, 6.07) is 0.674. The third-order valence-corrected chi connectivity index (χ3v) is 1.27. The van der Waals surface area contributed by atoms with Crippen molar-refractivity contribution in [3.05, 3.63) is 0 Å². The molecule has 0 aromatic heterocycles. The lowest BCUT2D eigenvalue weighted by molar-refractivity contribution is -0.407. The van der Waals surface area contributed by atoms with E-state index < -0.39 is 0 Å². The first-order valence-electron chi connectivity index (χ1n) is 2.70. The maximum atomic E-state index is 3.15. The maximum absolute atomic E-state index is 3.15. The third kappa shape index (κ3) is 1.02. The zero-order chi connectivity index (χ0) is 5.49. The van der Waals surface area contributed by atoms with E-state index in [-0.39, 0.29) is 0 Å². The van der Waals surface area contributed by atoms with E-state index in [9.17, 15) is 0 Å². The molecule has 0 spiro atoms. The highest BCUT2D eigenvalue weighted by molar-refractivity contribution is 5.65. The molecule has 0 saturated carbocycles. The summed E-state index contributed by atoms with van der Waals surface area (Å²) < 4.78 is 0. The fourth-order valence-corrected chi connectivity index (χ4v) is 0.548. The molecule has 0 aromatic rings. The molecule has 1 heterocycles. The van der Waals surface area contributed by atoms with E-state index in [1.165, 1.54) is 0 Å². The molecule has 0 radical (unpaired) electrons. The van der Waals surface area contributed by atoms with Crippen molar-refractivity contribution in [2.75, 3.05) is 0 Å². The number of rotatable bonds is 0. The Hall–Kier alpha value is -0.330.